The Balaban J connectivity index is 1.43. The SMILES string of the molecule is CCOc1ccc(NC(=O)CSc2nnc(CNC(=O)COc3ccc(Cl)cc3Cl)n2-c2ccccc2OC)cc1. The zero-order valence-electron chi connectivity index (χ0n) is 22.2. The van der Waals surface area contributed by atoms with Gasteiger partial charge in [0.05, 0.1) is 36.7 Å². The molecule has 2 amide bonds. The summed E-state index contributed by atoms with van der Waals surface area (Å²) in [6.45, 7) is 2.24. The maximum absolute atomic E-state index is 12.7. The lowest BCUT2D eigenvalue weighted by molar-refractivity contribution is -0.123. The highest BCUT2D eigenvalue weighted by Crippen LogP contribution is 2.29. The molecule has 0 fully saturated rings. The second-order valence-electron chi connectivity index (χ2n) is 8.34. The van der Waals surface area contributed by atoms with E-state index in [4.69, 9.17) is 37.4 Å². The Kier molecular flexibility index (Phi) is 10.7. The van der Waals surface area contributed by atoms with E-state index in [1.54, 1.807) is 54.1 Å². The van der Waals surface area contributed by atoms with Crippen LogP contribution in [0, 0.1) is 0 Å². The first kappa shape index (κ1) is 30.0. The smallest absolute Gasteiger partial charge is 0.258 e. The molecular formula is C28H27Cl2N5O5S. The van der Waals surface area contributed by atoms with Crippen molar-refractivity contribution < 1.29 is 23.8 Å². The van der Waals surface area contributed by atoms with E-state index in [9.17, 15) is 9.59 Å². The normalized spacial score (nSPS) is 10.6. The number of amides is 2. The van der Waals surface area contributed by atoms with Crippen LogP contribution in [-0.4, -0.2) is 52.7 Å². The first-order valence-corrected chi connectivity index (χ1v) is 14.2. The maximum Gasteiger partial charge on any atom is 0.258 e. The highest BCUT2D eigenvalue weighted by atomic mass is 35.5. The predicted molar refractivity (Wildman–Crippen MR) is 159 cm³/mol. The highest BCUT2D eigenvalue weighted by Gasteiger charge is 2.19. The molecule has 0 atom stereocenters. The summed E-state index contributed by atoms with van der Waals surface area (Å²) >= 11 is 13.2. The van der Waals surface area contributed by atoms with E-state index in [1.165, 1.54) is 17.8 Å². The molecule has 0 bridgehead atoms. The van der Waals surface area contributed by atoms with Gasteiger partial charge in [-0.15, -0.1) is 10.2 Å². The summed E-state index contributed by atoms with van der Waals surface area (Å²) < 4.78 is 18.2. The largest absolute Gasteiger partial charge is 0.495 e. The molecule has 214 valence electrons. The Labute approximate surface area is 251 Å². The molecule has 1 aromatic heterocycles. The number of carbonyl (C=O) groups is 2. The third-order valence-corrected chi connectivity index (χ3v) is 6.96. The van der Waals surface area contributed by atoms with Crippen LogP contribution >= 0.6 is 35.0 Å². The molecule has 0 saturated carbocycles. The van der Waals surface area contributed by atoms with Crippen LogP contribution in [0.4, 0.5) is 5.69 Å². The van der Waals surface area contributed by atoms with Crippen molar-refractivity contribution in [2.45, 2.75) is 18.6 Å². The van der Waals surface area contributed by atoms with Gasteiger partial charge >= 0.3 is 0 Å². The summed E-state index contributed by atoms with van der Waals surface area (Å²) in [5, 5.41) is 15.4. The number of nitrogens with zero attached hydrogens (tertiary/aromatic N) is 3. The summed E-state index contributed by atoms with van der Waals surface area (Å²) in [5.74, 6) is 1.53. The number of aromatic nitrogens is 3. The van der Waals surface area contributed by atoms with Crippen LogP contribution in [-0.2, 0) is 16.1 Å². The van der Waals surface area contributed by atoms with Gasteiger partial charge in [-0.25, -0.2) is 0 Å². The van der Waals surface area contributed by atoms with E-state index >= 15 is 0 Å². The van der Waals surface area contributed by atoms with Crippen molar-refractivity contribution in [3.63, 3.8) is 0 Å². The summed E-state index contributed by atoms with van der Waals surface area (Å²) in [6.07, 6.45) is 0. The average molecular weight is 617 g/mol. The molecule has 4 aromatic rings. The molecule has 3 aromatic carbocycles. The fourth-order valence-corrected chi connectivity index (χ4v) is 4.88. The molecule has 10 nitrogen and oxygen atoms in total. The minimum absolute atomic E-state index is 0.0422. The van der Waals surface area contributed by atoms with Crippen molar-refractivity contribution in [3.05, 3.63) is 82.6 Å². The first-order valence-electron chi connectivity index (χ1n) is 12.5. The zero-order chi connectivity index (χ0) is 29.2. The number of hydrogen-bond acceptors (Lipinski definition) is 8. The molecule has 0 unspecified atom stereocenters. The fourth-order valence-electron chi connectivity index (χ4n) is 3.66. The van der Waals surface area contributed by atoms with Crippen molar-refractivity contribution in [1.29, 1.82) is 0 Å². The fraction of sp³-hybridized carbons (Fsp3) is 0.214. The number of ether oxygens (including phenoxy) is 3. The predicted octanol–water partition coefficient (Wildman–Crippen LogP) is 5.41. The van der Waals surface area contributed by atoms with Crippen LogP contribution in [0.3, 0.4) is 0 Å². The Morgan fingerprint density at radius 2 is 1.73 bits per heavy atom. The van der Waals surface area contributed by atoms with Gasteiger partial charge in [0.25, 0.3) is 5.91 Å². The zero-order valence-corrected chi connectivity index (χ0v) is 24.6. The Morgan fingerprint density at radius 1 is 0.951 bits per heavy atom. The molecule has 0 spiro atoms. The van der Waals surface area contributed by atoms with Crippen LogP contribution in [0.2, 0.25) is 10.0 Å². The average Bonchev–Trinajstić information content (AvgIpc) is 3.38. The minimum atomic E-state index is -0.394. The van der Waals surface area contributed by atoms with Crippen LogP contribution in [0.25, 0.3) is 5.69 Å². The van der Waals surface area contributed by atoms with Gasteiger partial charge in [-0.1, -0.05) is 47.1 Å². The molecule has 2 N–H and O–H groups in total. The van der Waals surface area contributed by atoms with Crippen molar-refractivity contribution in [3.8, 4) is 22.9 Å². The molecule has 41 heavy (non-hydrogen) atoms. The van der Waals surface area contributed by atoms with Crippen LogP contribution in [0.15, 0.2) is 71.9 Å². The Bertz CT molecular complexity index is 1500. The number of rotatable bonds is 13. The van der Waals surface area contributed by atoms with Crippen molar-refractivity contribution in [2.75, 3.05) is 31.4 Å². The van der Waals surface area contributed by atoms with Crippen molar-refractivity contribution in [2.24, 2.45) is 0 Å². The van der Waals surface area contributed by atoms with Gasteiger partial charge in [-0.3, -0.25) is 14.2 Å². The quantitative estimate of drug-likeness (QED) is 0.192. The summed E-state index contributed by atoms with van der Waals surface area (Å²) in [6, 6.07) is 19.2. The number of thioether (sulfide) groups is 1. The molecular weight excluding hydrogens is 589 g/mol. The van der Waals surface area contributed by atoms with Gasteiger partial charge in [-0.2, -0.15) is 0 Å². The number of halogens is 2. The van der Waals surface area contributed by atoms with E-state index in [1.807, 2.05) is 25.1 Å². The van der Waals surface area contributed by atoms with E-state index in [-0.39, 0.29) is 24.8 Å². The van der Waals surface area contributed by atoms with E-state index < -0.39 is 5.91 Å². The number of para-hydroxylation sites is 2. The maximum atomic E-state index is 12.7. The monoisotopic (exact) mass is 615 g/mol. The molecule has 0 radical (unpaired) electrons. The first-order chi connectivity index (χ1) is 19.9. The van der Waals surface area contributed by atoms with Gasteiger partial charge < -0.3 is 24.8 Å². The van der Waals surface area contributed by atoms with E-state index in [0.29, 0.717) is 50.5 Å². The van der Waals surface area contributed by atoms with Crippen molar-refractivity contribution >= 4 is 52.5 Å². The lowest BCUT2D eigenvalue weighted by Gasteiger charge is -2.14. The van der Waals surface area contributed by atoms with Gasteiger partial charge in [0.15, 0.2) is 17.6 Å². The number of hydrogen-bond donors (Lipinski definition) is 2. The van der Waals surface area contributed by atoms with E-state index in [2.05, 4.69) is 20.8 Å². The molecule has 0 aliphatic carbocycles. The molecule has 0 aliphatic heterocycles. The van der Waals surface area contributed by atoms with Crippen molar-refractivity contribution in [1.82, 2.24) is 20.1 Å². The standard InChI is InChI=1S/C28H27Cl2N5O5S/c1-3-39-20-11-9-19(10-12-20)32-27(37)17-41-28-34-33-25(35(28)22-6-4-5-7-24(22)38-2)15-31-26(36)16-40-23-13-8-18(29)14-21(23)30/h4-14H,3,15-17H2,1-2H3,(H,31,36)(H,32,37). The highest BCUT2D eigenvalue weighted by molar-refractivity contribution is 7.99. The second-order valence-corrected chi connectivity index (χ2v) is 10.1. The lowest BCUT2D eigenvalue weighted by atomic mass is 10.3. The summed E-state index contributed by atoms with van der Waals surface area (Å²) in [7, 11) is 1.56. The van der Waals surface area contributed by atoms with Crippen LogP contribution < -0.4 is 24.8 Å². The number of carbonyl (C=O) groups excluding carboxylic acids is 2. The van der Waals surface area contributed by atoms with Crippen LogP contribution in [0.5, 0.6) is 17.2 Å². The molecule has 13 heteroatoms. The van der Waals surface area contributed by atoms with Crippen LogP contribution in [0.1, 0.15) is 12.7 Å². The van der Waals surface area contributed by atoms with Gasteiger partial charge in [0.1, 0.15) is 17.2 Å². The van der Waals surface area contributed by atoms with Gasteiger partial charge in [0, 0.05) is 10.7 Å². The van der Waals surface area contributed by atoms with Gasteiger partial charge in [-0.05, 0) is 61.5 Å². The number of anilines is 1. The van der Waals surface area contributed by atoms with Gasteiger partial charge in [0.2, 0.25) is 5.91 Å². The summed E-state index contributed by atoms with van der Waals surface area (Å²) in [4.78, 5) is 25.2. The molecule has 0 saturated heterocycles. The van der Waals surface area contributed by atoms with E-state index in [0.717, 1.165) is 5.75 Å². The number of methoxy groups -OCH3 is 1. The summed E-state index contributed by atoms with van der Waals surface area (Å²) in [5.41, 5.74) is 1.30. The minimum Gasteiger partial charge on any atom is -0.495 e. The molecule has 0 aliphatic rings. The lowest BCUT2D eigenvalue weighted by Crippen LogP contribution is -2.29. The Hall–Kier alpha value is -3.93. The number of benzene rings is 3. The molecule has 1 heterocycles. The topological polar surface area (TPSA) is 117 Å². The molecule has 4 rings (SSSR count). The third kappa shape index (κ3) is 8.29. The third-order valence-electron chi connectivity index (χ3n) is 5.50. The number of nitrogens with one attached hydrogen (secondary N) is 2. The Morgan fingerprint density at radius 3 is 2.46 bits per heavy atom. The second kappa shape index (κ2) is 14.6.